The van der Waals surface area contributed by atoms with Crippen molar-refractivity contribution in [3.8, 4) is 12.3 Å². The third-order valence-electron chi connectivity index (χ3n) is 2.91. The van der Waals surface area contributed by atoms with Gasteiger partial charge >= 0.3 is 11.9 Å². The molecule has 1 aromatic carbocycles. The predicted molar refractivity (Wildman–Crippen MR) is 74.6 cm³/mol. The molecule has 0 aliphatic heterocycles. The fraction of sp³-hybridized carbons (Fsp3) is 0.375. The van der Waals surface area contributed by atoms with E-state index in [-0.39, 0.29) is 0 Å². The molecule has 4 heteroatoms. The summed E-state index contributed by atoms with van der Waals surface area (Å²) in [5.74, 6) is 1.20. The molecule has 4 nitrogen and oxygen atoms in total. The molecule has 2 atom stereocenters. The predicted octanol–water partition coefficient (Wildman–Crippen LogP) is 2.64. The van der Waals surface area contributed by atoms with Crippen LogP contribution in [0.4, 0.5) is 0 Å². The summed E-state index contributed by atoms with van der Waals surface area (Å²) in [6.45, 7) is 4.70. The molecule has 2 unspecified atom stereocenters. The van der Waals surface area contributed by atoms with Gasteiger partial charge in [0.2, 0.25) is 6.10 Å². The van der Waals surface area contributed by atoms with Crippen LogP contribution >= 0.6 is 0 Å². The smallest absolute Gasteiger partial charge is 0.353 e. The summed E-state index contributed by atoms with van der Waals surface area (Å²) in [7, 11) is 0. The summed E-state index contributed by atoms with van der Waals surface area (Å²) >= 11 is 0. The van der Waals surface area contributed by atoms with Gasteiger partial charge in [-0.2, -0.15) is 0 Å². The van der Waals surface area contributed by atoms with E-state index in [4.69, 9.17) is 15.9 Å². The Balaban J connectivity index is 2.98. The van der Waals surface area contributed by atoms with Gasteiger partial charge in [-0.05, 0) is 13.3 Å². The van der Waals surface area contributed by atoms with Crippen molar-refractivity contribution in [1.82, 2.24) is 0 Å². The first-order valence-electron chi connectivity index (χ1n) is 6.34. The summed E-state index contributed by atoms with van der Waals surface area (Å²) in [6.07, 6.45) is 4.74. The van der Waals surface area contributed by atoms with Gasteiger partial charge in [0.15, 0.2) is 5.60 Å². The molecule has 0 fully saturated rings. The van der Waals surface area contributed by atoms with Gasteiger partial charge in [-0.15, -0.1) is 6.42 Å². The fourth-order valence-corrected chi connectivity index (χ4v) is 1.53. The molecule has 1 rings (SSSR count). The van der Waals surface area contributed by atoms with Crippen LogP contribution in [-0.2, 0) is 19.1 Å². The second-order valence-electron chi connectivity index (χ2n) is 4.55. The molecule has 0 amide bonds. The Kier molecular flexibility index (Phi) is 5.33. The van der Waals surface area contributed by atoms with E-state index in [2.05, 4.69) is 5.92 Å². The largest absolute Gasteiger partial charge is 0.446 e. The molecular formula is C16H18O4. The minimum atomic E-state index is -1.10. The van der Waals surface area contributed by atoms with Crippen molar-refractivity contribution in [2.75, 3.05) is 0 Å². The number of benzene rings is 1. The van der Waals surface area contributed by atoms with Crippen molar-refractivity contribution in [3.05, 3.63) is 35.9 Å². The molecule has 0 bridgehead atoms. The zero-order valence-corrected chi connectivity index (χ0v) is 11.9. The number of rotatable bonds is 5. The number of hydrogen-bond donors (Lipinski definition) is 0. The first-order valence-corrected chi connectivity index (χ1v) is 6.34. The van der Waals surface area contributed by atoms with Crippen LogP contribution in [0.5, 0.6) is 0 Å². The van der Waals surface area contributed by atoms with Crippen molar-refractivity contribution < 1.29 is 19.1 Å². The Labute approximate surface area is 119 Å². The number of hydrogen-bond acceptors (Lipinski definition) is 4. The summed E-state index contributed by atoms with van der Waals surface area (Å²) in [5.41, 5.74) is -0.465. The zero-order valence-electron chi connectivity index (χ0n) is 11.9. The lowest BCUT2D eigenvalue weighted by atomic mass is 10.0. The van der Waals surface area contributed by atoms with Crippen molar-refractivity contribution in [3.63, 3.8) is 0 Å². The Morgan fingerprint density at radius 2 is 1.95 bits per heavy atom. The molecule has 0 saturated heterocycles. The van der Waals surface area contributed by atoms with Gasteiger partial charge in [0.05, 0.1) is 0 Å². The highest BCUT2D eigenvalue weighted by atomic mass is 16.6. The third-order valence-corrected chi connectivity index (χ3v) is 2.91. The molecule has 0 aromatic heterocycles. The maximum Gasteiger partial charge on any atom is 0.353 e. The van der Waals surface area contributed by atoms with Crippen LogP contribution in [0.1, 0.15) is 38.9 Å². The highest BCUT2D eigenvalue weighted by molar-refractivity contribution is 5.80. The number of carbonyl (C=O) groups excluding carboxylic acids is 2. The van der Waals surface area contributed by atoms with E-state index in [1.807, 2.05) is 6.92 Å². The molecule has 1 aromatic rings. The van der Waals surface area contributed by atoms with Gasteiger partial charge in [0.1, 0.15) is 0 Å². The van der Waals surface area contributed by atoms with Gasteiger partial charge in [-0.1, -0.05) is 43.2 Å². The summed E-state index contributed by atoms with van der Waals surface area (Å²) < 4.78 is 10.4. The topological polar surface area (TPSA) is 52.6 Å². The molecule has 0 N–H and O–H groups in total. The van der Waals surface area contributed by atoms with Gasteiger partial charge in [-0.3, -0.25) is 4.79 Å². The van der Waals surface area contributed by atoms with Crippen LogP contribution < -0.4 is 0 Å². The lowest BCUT2D eigenvalue weighted by Crippen LogP contribution is -2.33. The highest BCUT2D eigenvalue weighted by Gasteiger charge is 2.32. The maximum atomic E-state index is 12.2. The first-order chi connectivity index (χ1) is 9.41. The number of ether oxygens (including phenoxy) is 2. The average molecular weight is 274 g/mol. The maximum absolute atomic E-state index is 12.2. The van der Waals surface area contributed by atoms with Crippen LogP contribution in [0.3, 0.4) is 0 Å². The summed E-state index contributed by atoms with van der Waals surface area (Å²) in [4.78, 5) is 23.4. The minimum absolute atomic E-state index is 0.469. The first kappa shape index (κ1) is 15.8. The van der Waals surface area contributed by atoms with E-state index in [1.54, 1.807) is 37.3 Å². The van der Waals surface area contributed by atoms with Crippen LogP contribution in [0, 0.1) is 12.3 Å². The van der Waals surface area contributed by atoms with Crippen LogP contribution in [0.15, 0.2) is 30.3 Å². The van der Waals surface area contributed by atoms with E-state index in [0.29, 0.717) is 12.0 Å². The molecule has 0 aliphatic carbocycles. The Morgan fingerprint density at radius 3 is 2.40 bits per heavy atom. The minimum Gasteiger partial charge on any atom is -0.446 e. The second kappa shape index (κ2) is 6.76. The van der Waals surface area contributed by atoms with Crippen molar-refractivity contribution in [1.29, 1.82) is 0 Å². The van der Waals surface area contributed by atoms with E-state index >= 15 is 0 Å². The number of carbonyl (C=O) groups is 2. The Hall–Kier alpha value is -2.28. The van der Waals surface area contributed by atoms with E-state index in [1.165, 1.54) is 6.92 Å². The van der Waals surface area contributed by atoms with Crippen molar-refractivity contribution in [2.24, 2.45) is 0 Å². The van der Waals surface area contributed by atoms with Gasteiger partial charge in [0.25, 0.3) is 0 Å². The normalized spacial score (nSPS) is 14.5. The molecule has 0 saturated carbocycles. The third kappa shape index (κ3) is 4.13. The zero-order chi connectivity index (χ0) is 15.2. The standard InChI is InChI=1S/C16H18O4/c1-5-16(4,6-2)20-15(18)14(19-12(3)17)13-10-8-7-9-11-13/h1,7-11,14H,6H2,2-4H3. The van der Waals surface area contributed by atoms with Crippen LogP contribution in [0.25, 0.3) is 0 Å². The Bertz CT molecular complexity index is 515. The summed E-state index contributed by atoms with van der Waals surface area (Å²) in [6, 6.07) is 8.68. The van der Waals surface area contributed by atoms with Gasteiger partial charge in [-0.25, -0.2) is 4.79 Å². The molecule has 0 radical (unpaired) electrons. The fourth-order valence-electron chi connectivity index (χ4n) is 1.53. The van der Waals surface area contributed by atoms with E-state index in [0.717, 1.165) is 0 Å². The van der Waals surface area contributed by atoms with Crippen LogP contribution in [0.2, 0.25) is 0 Å². The number of esters is 2. The van der Waals surface area contributed by atoms with Crippen molar-refractivity contribution >= 4 is 11.9 Å². The van der Waals surface area contributed by atoms with Crippen LogP contribution in [-0.4, -0.2) is 17.5 Å². The molecule has 0 spiro atoms. The molecular weight excluding hydrogens is 256 g/mol. The SMILES string of the molecule is C#CC(C)(CC)OC(=O)C(OC(C)=O)c1ccccc1. The van der Waals surface area contributed by atoms with Gasteiger partial charge in [0, 0.05) is 12.5 Å². The summed E-state index contributed by atoms with van der Waals surface area (Å²) in [5, 5.41) is 0. The quantitative estimate of drug-likeness (QED) is 0.612. The average Bonchev–Trinajstić information content (AvgIpc) is 2.45. The van der Waals surface area contributed by atoms with Gasteiger partial charge < -0.3 is 9.47 Å². The van der Waals surface area contributed by atoms with Crippen molar-refractivity contribution in [2.45, 2.75) is 38.9 Å². The highest BCUT2D eigenvalue weighted by Crippen LogP contribution is 2.23. The molecule has 106 valence electrons. The van der Waals surface area contributed by atoms with E-state index in [9.17, 15) is 9.59 Å². The molecule has 0 heterocycles. The molecule has 20 heavy (non-hydrogen) atoms. The monoisotopic (exact) mass is 274 g/mol. The lowest BCUT2D eigenvalue weighted by Gasteiger charge is -2.25. The lowest BCUT2D eigenvalue weighted by molar-refractivity contribution is -0.174. The second-order valence-corrected chi connectivity index (χ2v) is 4.55. The van der Waals surface area contributed by atoms with E-state index < -0.39 is 23.6 Å². The molecule has 0 aliphatic rings. The number of terminal acetylenes is 1. The Morgan fingerprint density at radius 1 is 1.35 bits per heavy atom.